The summed E-state index contributed by atoms with van der Waals surface area (Å²) in [5.41, 5.74) is -0.916. The van der Waals surface area contributed by atoms with Crippen LogP contribution >= 0.6 is 0 Å². The van der Waals surface area contributed by atoms with Crippen LogP contribution in [-0.4, -0.2) is 32.3 Å². The Kier molecular flexibility index (Phi) is 6.30. The molecule has 9 heteroatoms. The van der Waals surface area contributed by atoms with Crippen LogP contribution in [0.1, 0.15) is 46.1 Å². The van der Waals surface area contributed by atoms with E-state index in [-0.39, 0.29) is 24.1 Å². The smallest absolute Gasteiger partial charge is 0.408 e. The molecule has 0 saturated heterocycles. The molecule has 0 bridgehead atoms. The maximum Gasteiger partial charge on any atom is 0.408 e. The molecule has 1 aromatic heterocycles. The molecule has 1 saturated carbocycles. The summed E-state index contributed by atoms with van der Waals surface area (Å²) in [6.45, 7) is 6.81. The molecule has 0 spiro atoms. The molecular formula is C27H28FN3O5. The average molecular weight is 494 g/mol. The molecular weight excluding hydrogens is 465 g/mol. The number of hydrogen-bond acceptors (Lipinski definition) is 6. The van der Waals surface area contributed by atoms with E-state index in [4.69, 9.17) is 4.74 Å². The lowest BCUT2D eigenvalue weighted by molar-refractivity contribution is -0.385. The van der Waals surface area contributed by atoms with Crippen LogP contribution in [-0.2, 0) is 10.3 Å². The summed E-state index contributed by atoms with van der Waals surface area (Å²) in [5, 5.41) is 24.5. The number of alkyl carbamates (subject to hydrolysis) is 1. The second-order valence-electron chi connectivity index (χ2n) is 10.5. The van der Waals surface area contributed by atoms with Gasteiger partial charge in [-0.25, -0.2) is 14.2 Å². The number of nitro groups is 1. The van der Waals surface area contributed by atoms with Crippen LogP contribution in [0.4, 0.5) is 14.9 Å². The highest BCUT2D eigenvalue weighted by Gasteiger charge is 2.54. The molecule has 1 heterocycles. The van der Waals surface area contributed by atoms with Gasteiger partial charge in [0.1, 0.15) is 17.6 Å². The van der Waals surface area contributed by atoms with Crippen LogP contribution in [0.15, 0.2) is 60.8 Å². The van der Waals surface area contributed by atoms with Crippen molar-refractivity contribution in [2.45, 2.75) is 57.3 Å². The second kappa shape index (κ2) is 8.98. The highest BCUT2D eigenvalue weighted by atomic mass is 19.1. The number of ether oxygens (including phenoxy) is 1. The van der Waals surface area contributed by atoms with Gasteiger partial charge in [-0.05, 0) is 39.3 Å². The number of halogens is 1. The average Bonchev–Trinajstić information content (AvgIpc) is 2.76. The highest BCUT2D eigenvalue weighted by Crippen LogP contribution is 2.49. The van der Waals surface area contributed by atoms with E-state index >= 15 is 4.39 Å². The third kappa shape index (κ3) is 5.21. The number of aliphatic hydroxyl groups is 1. The number of benzene rings is 2. The summed E-state index contributed by atoms with van der Waals surface area (Å²) in [7, 11) is 0. The van der Waals surface area contributed by atoms with Gasteiger partial charge < -0.3 is 15.2 Å². The molecule has 36 heavy (non-hydrogen) atoms. The first-order valence-corrected chi connectivity index (χ1v) is 11.5. The van der Waals surface area contributed by atoms with Crippen LogP contribution in [0, 0.1) is 15.9 Å². The zero-order chi connectivity index (χ0) is 26.3. The number of hydrogen-bond donors (Lipinski definition) is 2. The molecule has 188 valence electrons. The van der Waals surface area contributed by atoms with Crippen molar-refractivity contribution in [1.82, 2.24) is 10.3 Å². The minimum atomic E-state index is -1.14. The van der Waals surface area contributed by atoms with E-state index in [0.717, 1.165) is 6.20 Å². The molecule has 1 amide bonds. The summed E-state index contributed by atoms with van der Waals surface area (Å²) in [5.74, 6) is -0.599. The zero-order valence-electron chi connectivity index (χ0n) is 20.5. The lowest BCUT2D eigenvalue weighted by Gasteiger charge is -2.52. The van der Waals surface area contributed by atoms with Gasteiger partial charge in [-0.1, -0.05) is 42.5 Å². The lowest BCUT2D eigenvalue weighted by Crippen LogP contribution is -2.62. The molecule has 0 radical (unpaired) electrons. The Balaban J connectivity index is 1.74. The van der Waals surface area contributed by atoms with E-state index < -0.39 is 33.6 Å². The minimum absolute atomic E-state index is 0.112. The first-order valence-electron chi connectivity index (χ1n) is 11.5. The number of pyridine rings is 1. The van der Waals surface area contributed by atoms with E-state index in [2.05, 4.69) is 10.3 Å². The zero-order valence-corrected chi connectivity index (χ0v) is 20.5. The third-order valence-corrected chi connectivity index (χ3v) is 6.03. The summed E-state index contributed by atoms with van der Waals surface area (Å²) in [6.07, 6.45) is 0.661. The summed E-state index contributed by atoms with van der Waals surface area (Å²) in [6, 6.07) is 14.9. The van der Waals surface area contributed by atoms with Crippen molar-refractivity contribution in [3.8, 4) is 22.4 Å². The van der Waals surface area contributed by atoms with E-state index in [1.807, 2.05) is 6.07 Å². The van der Waals surface area contributed by atoms with Gasteiger partial charge in [-0.15, -0.1) is 0 Å². The van der Waals surface area contributed by atoms with Crippen molar-refractivity contribution < 1.29 is 24.0 Å². The van der Waals surface area contributed by atoms with Crippen molar-refractivity contribution in [3.63, 3.8) is 0 Å². The van der Waals surface area contributed by atoms with E-state index in [1.165, 1.54) is 12.1 Å². The van der Waals surface area contributed by atoms with Crippen LogP contribution in [0.3, 0.4) is 0 Å². The Morgan fingerprint density at radius 1 is 1.14 bits per heavy atom. The van der Waals surface area contributed by atoms with Crippen molar-refractivity contribution in [3.05, 3.63) is 82.3 Å². The third-order valence-electron chi connectivity index (χ3n) is 6.03. The van der Waals surface area contributed by atoms with E-state index in [9.17, 15) is 20.0 Å². The normalized spacial score (nSPS) is 21.4. The second-order valence-corrected chi connectivity index (χ2v) is 10.5. The van der Waals surface area contributed by atoms with Gasteiger partial charge in [-0.3, -0.25) is 10.1 Å². The van der Waals surface area contributed by atoms with E-state index in [0.29, 0.717) is 22.4 Å². The highest BCUT2D eigenvalue weighted by molar-refractivity contribution is 5.82. The Bertz CT molecular complexity index is 1310. The Hall–Kier alpha value is -3.85. The van der Waals surface area contributed by atoms with Crippen LogP contribution in [0.2, 0.25) is 0 Å². The standard InChI is InChI=1S/C27H28FN3O5/c1-25(2,3)36-24(32)30-27(15-26(4,33)16-27)21-11-10-18(12-22(21)28)23-20(17-8-6-5-7-9-17)13-19(14-29-23)31(34)35/h5-14,33H,15-16H2,1-4H3,(H,30,32). The molecule has 0 aliphatic heterocycles. The van der Waals surface area contributed by atoms with Crippen molar-refractivity contribution >= 4 is 11.8 Å². The van der Waals surface area contributed by atoms with Gasteiger partial charge in [0.25, 0.3) is 5.69 Å². The summed E-state index contributed by atoms with van der Waals surface area (Å²) < 4.78 is 21.0. The van der Waals surface area contributed by atoms with Gasteiger partial charge in [0.2, 0.25) is 0 Å². The molecule has 3 aromatic rings. The Morgan fingerprint density at radius 3 is 2.36 bits per heavy atom. The van der Waals surface area contributed by atoms with Gasteiger partial charge in [0.15, 0.2) is 0 Å². The maximum absolute atomic E-state index is 15.6. The molecule has 8 nitrogen and oxygen atoms in total. The van der Waals surface area contributed by atoms with Crippen molar-refractivity contribution in [2.75, 3.05) is 0 Å². The number of aromatic nitrogens is 1. The Labute approximate surface area is 208 Å². The fourth-order valence-corrected chi connectivity index (χ4v) is 4.77. The fourth-order valence-electron chi connectivity index (χ4n) is 4.77. The van der Waals surface area contributed by atoms with Gasteiger partial charge >= 0.3 is 6.09 Å². The van der Waals surface area contributed by atoms with Crippen LogP contribution in [0.5, 0.6) is 0 Å². The lowest BCUT2D eigenvalue weighted by atomic mass is 9.62. The maximum atomic E-state index is 15.6. The first kappa shape index (κ1) is 25.2. The number of nitrogens with one attached hydrogen (secondary N) is 1. The minimum Gasteiger partial charge on any atom is -0.444 e. The Morgan fingerprint density at radius 2 is 1.81 bits per heavy atom. The molecule has 1 aliphatic carbocycles. The first-order chi connectivity index (χ1) is 16.8. The van der Waals surface area contributed by atoms with Gasteiger partial charge in [-0.2, -0.15) is 0 Å². The molecule has 4 rings (SSSR count). The number of carbonyl (C=O) groups is 1. The van der Waals surface area contributed by atoms with Crippen LogP contribution in [0.25, 0.3) is 22.4 Å². The fraction of sp³-hybridized carbons (Fsp3) is 0.333. The van der Waals surface area contributed by atoms with Gasteiger partial charge in [0, 0.05) is 35.6 Å². The predicted molar refractivity (Wildman–Crippen MR) is 133 cm³/mol. The van der Waals surface area contributed by atoms with Crippen molar-refractivity contribution in [2.24, 2.45) is 0 Å². The number of rotatable bonds is 5. The molecule has 1 fully saturated rings. The van der Waals surface area contributed by atoms with Crippen molar-refractivity contribution in [1.29, 1.82) is 0 Å². The van der Waals surface area contributed by atoms with Gasteiger partial charge in [0.05, 0.1) is 21.8 Å². The number of carbonyl (C=O) groups excluding carboxylic acids is 1. The SMILES string of the molecule is CC1(O)CC(NC(=O)OC(C)(C)C)(c2ccc(-c3ncc([N+](=O)[O-])cc3-c3ccccc3)cc2F)C1. The topological polar surface area (TPSA) is 115 Å². The quantitative estimate of drug-likeness (QED) is 0.347. The largest absolute Gasteiger partial charge is 0.444 e. The molecule has 1 aliphatic rings. The molecule has 0 atom stereocenters. The monoisotopic (exact) mass is 493 g/mol. The summed E-state index contributed by atoms with van der Waals surface area (Å²) in [4.78, 5) is 27.6. The predicted octanol–water partition coefficient (Wildman–Crippen LogP) is 5.73. The molecule has 2 N–H and O–H groups in total. The summed E-state index contributed by atoms with van der Waals surface area (Å²) >= 11 is 0. The van der Waals surface area contributed by atoms with Crippen LogP contribution < -0.4 is 5.32 Å². The molecule has 0 unspecified atom stereocenters. The number of amides is 1. The number of nitrogens with zero attached hydrogens (tertiary/aromatic N) is 2. The molecule has 2 aromatic carbocycles. The van der Waals surface area contributed by atoms with E-state index in [1.54, 1.807) is 64.1 Å².